The van der Waals surface area contributed by atoms with E-state index < -0.39 is 17.7 Å². The number of anilines is 2. The molecule has 2 heterocycles. The first-order chi connectivity index (χ1) is 19.9. The van der Waals surface area contributed by atoms with Gasteiger partial charge >= 0.3 is 0 Å². The average Bonchev–Trinajstić information content (AvgIpc) is 3.39. The van der Waals surface area contributed by atoms with Crippen LogP contribution in [-0.4, -0.2) is 49.5 Å². The lowest BCUT2D eigenvalue weighted by Gasteiger charge is -2.06. The SMILES string of the molecule is CS(=O)c1cccc(CC(=O)Nc2nnc(CCCCc3ccc(NC(=O)Cc4cccc(OCF)c4)nn3)s2)c1. The number of amides is 2. The second kappa shape index (κ2) is 15.1. The van der Waals surface area contributed by atoms with E-state index in [0.29, 0.717) is 33.6 Å². The summed E-state index contributed by atoms with van der Waals surface area (Å²) in [7, 11) is -1.10. The van der Waals surface area contributed by atoms with E-state index in [-0.39, 0.29) is 24.7 Å². The van der Waals surface area contributed by atoms with Gasteiger partial charge in [0, 0.05) is 28.4 Å². The highest BCUT2D eigenvalue weighted by atomic mass is 32.2. The number of unbranched alkanes of at least 4 members (excludes halogenated alkanes) is 1. The lowest BCUT2D eigenvalue weighted by atomic mass is 10.1. The summed E-state index contributed by atoms with van der Waals surface area (Å²) in [5, 5.41) is 23.3. The Morgan fingerprint density at radius 2 is 1.61 bits per heavy atom. The smallest absolute Gasteiger partial charge is 0.230 e. The third-order valence-electron chi connectivity index (χ3n) is 5.85. The Hall–Kier alpha value is -4.10. The van der Waals surface area contributed by atoms with Gasteiger partial charge in [-0.25, -0.2) is 4.39 Å². The highest BCUT2D eigenvalue weighted by Gasteiger charge is 2.11. The number of carbonyl (C=O) groups is 2. The number of nitrogens with zero attached hydrogens (tertiary/aromatic N) is 4. The fourth-order valence-corrected chi connectivity index (χ4v) is 5.30. The molecule has 0 bridgehead atoms. The lowest BCUT2D eigenvalue weighted by molar-refractivity contribution is -0.116. The number of hydrogen-bond donors (Lipinski definition) is 2. The van der Waals surface area contributed by atoms with Crippen LogP contribution < -0.4 is 15.4 Å². The van der Waals surface area contributed by atoms with Gasteiger partial charge in [0.15, 0.2) is 5.82 Å². The van der Waals surface area contributed by atoms with Crippen molar-refractivity contribution in [3.8, 4) is 5.75 Å². The molecule has 2 N–H and O–H groups in total. The zero-order valence-electron chi connectivity index (χ0n) is 22.3. The van der Waals surface area contributed by atoms with Crippen LogP contribution in [0.2, 0.25) is 0 Å². The zero-order chi connectivity index (χ0) is 29.0. The topological polar surface area (TPSA) is 136 Å². The maximum atomic E-state index is 12.4. The maximum Gasteiger partial charge on any atom is 0.230 e. The molecular formula is C28H29FN6O4S2. The summed E-state index contributed by atoms with van der Waals surface area (Å²) in [4.78, 5) is 25.4. The zero-order valence-corrected chi connectivity index (χ0v) is 24.0. The van der Waals surface area contributed by atoms with E-state index in [2.05, 4.69) is 31.0 Å². The molecule has 13 heteroatoms. The van der Waals surface area contributed by atoms with Gasteiger partial charge in [0.1, 0.15) is 10.8 Å². The van der Waals surface area contributed by atoms with Gasteiger partial charge in [0.05, 0.1) is 18.5 Å². The first-order valence-electron chi connectivity index (χ1n) is 12.8. The second-order valence-electron chi connectivity index (χ2n) is 9.07. The van der Waals surface area contributed by atoms with Crippen LogP contribution in [0, 0.1) is 0 Å². The van der Waals surface area contributed by atoms with Crippen molar-refractivity contribution in [2.24, 2.45) is 0 Å². The molecule has 2 amide bonds. The van der Waals surface area contributed by atoms with Crippen LogP contribution in [0.1, 0.15) is 34.7 Å². The fraction of sp³-hybridized carbons (Fsp3) is 0.286. The van der Waals surface area contributed by atoms with Gasteiger partial charge in [-0.2, -0.15) is 5.10 Å². The van der Waals surface area contributed by atoms with E-state index >= 15 is 0 Å². The van der Waals surface area contributed by atoms with Gasteiger partial charge in [-0.15, -0.1) is 15.3 Å². The maximum absolute atomic E-state index is 12.4. The lowest BCUT2D eigenvalue weighted by Crippen LogP contribution is -2.16. The molecule has 2 aromatic carbocycles. The fourth-order valence-electron chi connectivity index (χ4n) is 3.91. The monoisotopic (exact) mass is 596 g/mol. The summed E-state index contributed by atoms with van der Waals surface area (Å²) in [6, 6.07) is 17.4. The van der Waals surface area contributed by atoms with Crippen molar-refractivity contribution in [2.75, 3.05) is 23.7 Å². The molecule has 0 radical (unpaired) electrons. The van der Waals surface area contributed by atoms with Gasteiger partial charge < -0.3 is 15.4 Å². The molecule has 4 aromatic rings. The minimum Gasteiger partial charge on any atom is -0.463 e. The normalized spacial score (nSPS) is 11.6. The molecular weight excluding hydrogens is 567 g/mol. The number of hydrogen-bond acceptors (Lipinski definition) is 9. The van der Waals surface area contributed by atoms with Crippen molar-refractivity contribution < 1.29 is 22.9 Å². The number of ether oxygens (including phenoxy) is 1. The Kier molecular flexibility index (Phi) is 11.0. The third-order valence-corrected chi connectivity index (χ3v) is 7.67. The molecule has 0 fully saturated rings. The minimum absolute atomic E-state index is 0.0972. The van der Waals surface area contributed by atoms with Gasteiger partial charge in [-0.3, -0.25) is 13.8 Å². The van der Waals surface area contributed by atoms with Crippen molar-refractivity contribution in [1.82, 2.24) is 20.4 Å². The van der Waals surface area contributed by atoms with Crippen LogP contribution in [0.3, 0.4) is 0 Å². The highest BCUT2D eigenvalue weighted by Crippen LogP contribution is 2.19. The molecule has 10 nitrogen and oxygen atoms in total. The number of benzene rings is 2. The number of nitrogens with one attached hydrogen (secondary N) is 2. The van der Waals surface area contributed by atoms with E-state index in [9.17, 15) is 18.2 Å². The van der Waals surface area contributed by atoms with Crippen LogP contribution in [0.25, 0.3) is 0 Å². The van der Waals surface area contributed by atoms with Crippen molar-refractivity contribution in [3.05, 3.63) is 82.5 Å². The molecule has 0 saturated heterocycles. The summed E-state index contributed by atoms with van der Waals surface area (Å²) < 4.78 is 28.8. The van der Waals surface area contributed by atoms with Crippen LogP contribution in [0.5, 0.6) is 5.75 Å². The highest BCUT2D eigenvalue weighted by molar-refractivity contribution is 7.84. The summed E-state index contributed by atoms with van der Waals surface area (Å²) in [6.07, 6.45) is 5.01. The molecule has 214 valence electrons. The van der Waals surface area contributed by atoms with Crippen molar-refractivity contribution in [1.29, 1.82) is 0 Å². The van der Waals surface area contributed by atoms with E-state index in [1.165, 1.54) is 11.3 Å². The Balaban J connectivity index is 1.16. The summed E-state index contributed by atoms with van der Waals surface area (Å²) in [6.45, 7) is -0.928. The summed E-state index contributed by atoms with van der Waals surface area (Å²) in [5.41, 5.74) is 2.28. The largest absolute Gasteiger partial charge is 0.463 e. The number of carbonyl (C=O) groups excluding carboxylic acids is 2. The van der Waals surface area contributed by atoms with Crippen LogP contribution in [-0.2, 0) is 46.1 Å². The van der Waals surface area contributed by atoms with Gasteiger partial charge in [0.2, 0.25) is 23.8 Å². The Morgan fingerprint density at radius 1 is 0.878 bits per heavy atom. The second-order valence-corrected chi connectivity index (χ2v) is 11.5. The van der Waals surface area contributed by atoms with Gasteiger partial charge in [0.25, 0.3) is 0 Å². The summed E-state index contributed by atoms with van der Waals surface area (Å²) >= 11 is 1.34. The van der Waals surface area contributed by atoms with Gasteiger partial charge in [-0.05, 0) is 66.8 Å². The molecule has 0 aliphatic rings. The number of halogens is 1. The standard InChI is InChI=1S/C28H29FN6O4S2/c1-41(38)23-10-5-7-20(15-23)17-26(37)31-28-35-34-27(40-28)11-3-2-8-21-12-13-24(33-32-21)30-25(36)16-19-6-4-9-22(14-19)39-18-29/h4-7,9-10,12-15H,2-3,8,11,16-18H2,1H3,(H,30,33,36)(H,31,35,37). The van der Waals surface area contributed by atoms with E-state index in [1.807, 2.05) is 12.1 Å². The van der Waals surface area contributed by atoms with Crippen molar-refractivity contribution in [2.45, 2.75) is 43.4 Å². The number of rotatable bonds is 14. The average molecular weight is 597 g/mol. The van der Waals surface area contributed by atoms with Crippen LogP contribution in [0.4, 0.5) is 15.3 Å². The predicted octanol–water partition coefficient (Wildman–Crippen LogP) is 4.30. The minimum atomic E-state index is -1.10. The molecule has 4 rings (SSSR count). The molecule has 0 aliphatic carbocycles. The molecule has 1 unspecified atom stereocenters. The predicted molar refractivity (Wildman–Crippen MR) is 155 cm³/mol. The van der Waals surface area contributed by atoms with Crippen molar-refractivity contribution >= 4 is 44.9 Å². The molecule has 41 heavy (non-hydrogen) atoms. The van der Waals surface area contributed by atoms with E-state index in [0.717, 1.165) is 35.5 Å². The molecule has 0 spiro atoms. The molecule has 1 atom stereocenters. The van der Waals surface area contributed by atoms with Crippen LogP contribution in [0.15, 0.2) is 65.6 Å². The van der Waals surface area contributed by atoms with E-state index in [1.54, 1.807) is 54.8 Å². The number of aryl methyl sites for hydroxylation is 2. The van der Waals surface area contributed by atoms with Crippen LogP contribution >= 0.6 is 11.3 Å². The summed E-state index contributed by atoms with van der Waals surface area (Å²) in [5.74, 6) is 0.250. The Labute approximate surface area is 243 Å². The first kappa shape index (κ1) is 29.9. The molecule has 2 aromatic heterocycles. The molecule has 0 aliphatic heterocycles. The quantitative estimate of drug-likeness (QED) is 0.206. The first-order valence-corrected chi connectivity index (χ1v) is 15.2. The number of alkyl halides is 1. The van der Waals surface area contributed by atoms with Crippen molar-refractivity contribution in [3.63, 3.8) is 0 Å². The molecule has 0 saturated carbocycles. The third kappa shape index (κ3) is 9.80. The Morgan fingerprint density at radius 3 is 2.34 bits per heavy atom. The number of aromatic nitrogens is 4. The van der Waals surface area contributed by atoms with E-state index in [4.69, 9.17) is 4.74 Å². The Bertz CT molecular complexity index is 1500. The van der Waals surface area contributed by atoms with Gasteiger partial charge in [-0.1, -0.05) is 35.6 Å².